The number of fused-ring (bicyclic) bond motifs is 9. The van der Waals surface area contributed by atoms with Crippen molar-refractivity contribution in [2.45, 2.75) is 32.6 Å². The van der Waals surface area contributed by atoms with Crippen LogP contribution in [0.5, 0.6) is 0 Å². The molecule has 0 N–H and O–H groups in total. The van der Waals surface area contributed by atoms with Gasteiger partial charge in [-0.15, -0.1) is 0 Å². The van der Waals surface area contributed by atoms with Crippen LogP contribution in [0.1, 0.15) is 37.5 Å². The predicted octanol–water partition coefficient (Wildman–Crippen LogP) is 5.60. The summed E-state index contributed by atoms with van der Waals surface area (Å²) in [6, 6.07) is 21.4. The molecule has 1 unspecified atom stereocenters. The summed E-state index contributed by atoms with van der Waals surface area (Å²) in [6.07, 6.45) is 3.34. The zero-order valence-corrected chi connectivity index (χ0v) is 18.0. The van der Waals surface area contributed by atoms with Crippen LogP contribution in [0.3, 0.4) is 0 Å². The van der Waals surface area contributed by atoms with Crippen LogP contribution in [0.15, 0.2) is 65.5 Å². The Hall–Kier alpha value is -3.39. The average molecular weight is 402 g/mol. The van der Waals surface area contributed by atoms with Crippen molar-refractivity contribution < 1.29 is 0 Å². The molecule has 5 aromatic rings. The van der Waals surface area contributed by atoms with E-state index in [9.17, 15) is 4.79 Å². The van der Waals surface area contributed by atoms with Crippen LogP contribution in [0.2, 0.25) is 0 Å². The van der Waals surface area contributed by atoms with Gasteiger partial charge in [0.15, 0.2) is 0 Å². The normalized spacial score (nSPS) is 18.4. The number of nitrogens with zero attached hydrogens (tertiary/aromatic N) is 1. The van der Waals surface area contributed by atoms with Crippen molar-refractivity contribution in [3.8, 4) is 11.1 Å². The summed E-state index contributed by atoms with van der Waals surface area (Å²) in [5, 5.41) is 4.34. The van der Waals surface area contributed by atoms with Crippen molar-refractivity contribution in [3.05, 3.63) is 92.9 Å². The van der Waals surface area contributed by atoms with E-state index in [1.165, 1.54) is 38.4 Å². The van der Waals surface area contributed by atoms with Crippen LogP contribution < -0.4 is 10.8 Å². The van der Waals surface area contributed by atoms with Crippen molar-refractivity contribution in [1.29, 1.82) is 0 Å². The molecule has 0 fully saturated rings. The molecule has 2 heteroatoms. The van der Waals surface area contributed by atoms with Gasteiger partial charge < -0.3 is 0 Å². The fourth-order valence-electron chi connectivity index (χ4n) is 6.31. The number of hydrogen-bond donors (Lipinski definition) is 0. The molecular formula is C29H23NO. The first-order valence-electron chi connectivity index (χ1n) is 11.2. The van der Waals surface area contributed by atoms with Gasteiger partial charge in [-0.1, -0.05) is 81.4 Å². The molecule has 31 heavy (non-hydrogen) atoms. The lowest BCUT2D eigenvalue weighted by Crippen LogP contribution is -2.24. The minimum atomic E-state index is -0.0766. The Morgan fingerprint density at radius 1 is 0.839 bits per heavy atom. The zero-order valence-electron chi connectivity index (χ0n) is 18.0. The lowest BCUT2D eigenvalue weighted by molar-refractivity contribution is 0.661. The van der Waals surface area contributed by atoms with Crippen molar-refractivity contribution >= 4 is 33.3 Å². The third-order valence-electron chi connectivity index (χ3n) is 7.66. The van der Waals surface area contributed by atoms with Crippen LogP contribution in [0.4, 0.5) is 0 Å². The highest BCUT2D eigenvalue weighted by molar-refractivity contribution is 6.07. The molecule has 7 rings (SSSR count). The molecule has 0 radical (unpaired) electrons. The summed E-state index contributed by atoms with van der Waals surface area (Å²) in [6.45, 7) is 6.88. The van der Waals surface area contributed by atoms with E-state index in [2.05, 4.69) is 69.3 Å². The molecule has 0 saturated heterocycles. The second-order valence-corrected chi connectivity index (χ2v) is 9.83. The van der Waals surface area contributed by atoms with E-state index in [0.717, 1.165) is 28.2 Å². The molecule has 0 bridgehead atoms. The van der Waals surface area contributed by atoms with Crippen LogP contribution in [-0.4, -0.2) is 4.40 Å². The van der Waals surface area contributed by atoms with E-state index < -0.39 is 0 Å². The molecule has 1 atom stereocenters. The van der Waals surface area contributed by atoms with Crippen LogP contribution >= 0.6 is 0 Å². The van der Waals surface area contributed by atoms with Gasteiger partial charge in [0.05, 0.1) is 11.0 Å². The zero-order chi connectivity index (χ0) is 21.1. The van der Waals surface area contributed by atoms with Gasteiger partial charge in [-0.25, -0.2) is 0 Å². The molecule has 3 aromatic carbocycles. The molecule has 2 aliphatic carbocycles. The first kappa shape index (κ1) is 17.3. The van der Waals surface area contributed by atoms with Crippen molar-refractivity contribution in [3.63, 3.8) is 0 Å². The second-order valence-electron chi connectivity index (χ2n) is 9.83. The van der Waals surface area contributed by atoms with Crippen molar-refractivity contribution in [2.24, 2.45) is 5.92 Å². The summed E-state index contributed by atoms with van der Waals surface area (Å²) >= 11 is 0. The van der Waals surface area contributed by atoms with Gasteiger partial charge in [0, 0.05) is 27.0 Å². The predicted molar refractivity (Wildman–Crippen MR) is 129 cm³/mol. The van der Waals surface area contributed by atoms with Crippen molar-refractivity contribution in [1.82, 2.24) is 4.40 Å². The fourth-order valence-corrected chi connectivity index (χ4v) is 6.31. The first-order valence-corrected chi connectivity index (χ1v) is 11.2. The minimum Gasteiger partial charge on any atom is -0.275 e. The number of benzene rings is 3. The van der Waals surface area contributed by atoms with E-state index in [4.69, 9.17) is 0 Å². The summed E-state index contributed by atoms with van der Waals surface area (Å²) in [7, 11) is 0. The van der Waals surface area contributed by atoms with Gasteiger partial charge in [-0.05, 0) is 46.0 Å². The van der Waals surface area contributed by atoms with Gasteiger partial charge in [0.2, 0.25) is 0 Å². The topological polar surface area (TPSA) is 21.5 Å². The van der Waals surface area contributed by atoms with Crippen LogP contribution in [-0.2, 0) is 11.8 Å². The molecule has 2 aliphatic rings. The SMILES string of the molecule is CC1C=c2c3ccccc3c(=O)n3c2c(c2ccc4c(c23)-c2ccccc2C4(C)C)C1. The van der Waals surface area contributed by atoms with Crippen molar-refractivity contribution in [2.75, 3.05) is 0 Å². The third-order valence-corrected chi connectivity index (χ3v) is 7.66. The average Bonchev–Trinajstić information content (AvgIpc) is 3.22. The molecule has 0 spiro atoms. The lowest BCUT2D eigenvalue weighted by atomic mass is 9.82. The summed E-state index contributed by atoms with van der Waals surface area (Å²) < 4.78 is 2.04. The fraction of sp³-hybridized carbons (Fsp3) is 0.207. The maximum atomic E-state index is 13.9. The molecule has 2 nitrogen and oxygen atoms in total. The van der Waals surface area contributed by atoms with E-state index in [0.29, 0.717) is 5.92 Å². The maximum Gasteiger partial charge on any atom is 0.263 e. The molecule has 2 aromatic heterocycles. The Labute approximate surface area is 180 Å². The largest absolute Gasteiger partial charge is 0.275 e. The summed E-state index contributed by atoms with van der Waals surface area (Å²) in [4.78, 5) is 13.9. The Morgan fingerprint density at radius 2 is 1.58 bits per heavy atom. The van der Waals surface area contributed by atoms with Gasteiger partial charge in [-0.3, -0.25) is 9.20 Å². The van der Waals surface area contributed by atoms with E-state index in [1.807, 2.05) is 22.6 Å². The van der Waals surface area contributed by atoms with E-state index in [-0.39, 0.29) is 11.0 Å². The molecule has 0 aliphatic heterocycles. The molecule has 2 heterocycles. The van der Waals surface area contributed by atoms with E-state index >= 15 is 0 Å². The van der Waals surface area contributed by atoms with Gasteiger partial charge in [0.25, 0.3) is 5.56 Å². The Morgan fingerprint density at radius 3 is 2.42 bits per heavy atom. The minimum absolute atomic E-state index is 0.0766. The van der Waals surface area contributed by atoms with Crippen LogP contribution in [0.25, 0.3) is 44.4 Å². The standard InChI is InChI=1S/C29H23NO/c1-16-14-21-17-8-4-5-9-19(17)28(31)30-26(21)22(15-16)18-12-13-24-25(27(18)30)20-10-6-7-11-23(20)29(24,2)3/h4-14,16H,15H2,1-3H3. The Kier molecular flexibility index (Phi) is 3.04. The van der Waals surface area contributed by atoms with Gasteiger partial charge in [0.1, 0.15) is 0 Å². The van der Waals surface area contributed by atoms with E-state index in [1.54, 1.807) is 0 Å². The molecule has 0 amide bonds. The molecule has 0 saturated carbocycles. The van der Waals surface area contributed by atoms with Gasteiger partial charge >= 0.3 is 0 Å². The molecular weight excluding hydrogens is 378 g/mol. The Balaban J connectivity index is 1.83. The number of aromatic nitrogens is 1. The number of rotatable bonds is 0. The number of hydrogen-bond acceptors (Lipinski definition) is 1. The number of pyridine rings is 1. The highest BCUT2D eigenvalue weighted by Gasteiger charge is 2.38. The Bertz CT molecular complexity index is 1720. The summed E-state index contributed by atoms with van der Waals surface area (Å²) in [5.74, 6) is 0.444. The smallest absolute Gasteiger partial charge is 0.263 e. The first-order chi connectivity index (χ1) is 15.0. The maximum absolute atomic E-state index is 13.9. The monoisotopic (exact) mass is 401 g/mol. The highest BCUT2D eigenvalue weighted by atomic mass is 16.1. The molecule has 150 valence electrons. The lowest BCUT2D eigenvalue weighted by Gasteiger charge is -2.21. The second kappa shape index (κ2) is 5.45. The van der Waals surface area contributed by atoms with Crippen LogP contribution in [0, 0.1) is 5.92 Å². The van der Waals surface area contributed by atoms with Gasteiger partial charge in [-0.2, -0.15) is 0 Å². The highest BCUT2D eigenvalue weighted by Crippen LogP contribution is 2.52. The summed E-state index contributed by atoms with van der Waals surface area (Å²) in [5.41, 5.74) is 8.74. The quantitative estimate of drug-likeness (QED) is 0.331. The third kappa shape index (κ3) is 1.92.